The molecule has 3 amide bonds. The Morgan fingerprint density at radius 3 is 1.23 bits per heavy atom. The molecule has 4 saturated heterocycles. The molecule has 12 aromatic rings. The number of aryl methyl sites for hydroxylation is 6. The summed E-state index contributed by atoms with van der Waals surface area (Å²) in [5.74, 6) is 0.572. The lowest BCUT2D eigenvalue weighted by molar-refractivity contribution is -0.242. The number of hydroxylamine groups is 3. The van der Waals surface area contributed by atoms with Crippen LogP contribution in [0.25, 0.3) is 50.2 Å². The molecule has 1 unspecified atom stereocenters. The van der Waals surface area contributed by atoms with Gasteiger partial charge < -0.3 is 72.4 Å². The van der Waals surface area contributed by atoms with Crippen molar-refractivity contribution >= 4 is 85.7 Å². The van der Waals surface area contributed by atoms with Gasteiger partial charge >= 0.3 is 0 Å². The highest BCUT2D eigenvalue weighted by molar-refractivity contribution is 5.98. The largest absolute Gasteiger partial charge is 0.490 e. The Kier molecular flexibility index (Phi) is 25.8. The van der Waals surface area contributed by atoms with Crippen LogP contribution in [0.5, 0.6) is 17.2 Å². The summed E-state index contributed by atoms with van der Waals surface area (Å²) >= 11 is 0. The normalized spacial score (nSPS) is 19.3. The van der Waals surface area contributed by atoms with Crippen molar-refractivity contribution in [1.82, 2.24) is 64.9 Å². The number of nitrogens with one attached hydrogen (secondary N) is 6. The van der Waals surface area contributed by atoms with E-state index in [1.54, 1.807) is 40.1 Å². The lowest BCUT2D eigenvalue weighted by Crippen LogP contribution is -2.46. The second-order valence-corrected chi connectivity index (χ2v) is 34.1. The predicted octanol–water partition coefficient (Wildman–Crippen LogP) is 12.4. The molecule has 6 N–H and O–H groups in total. The van der Waals surface area contributed by atoms with E-state index in [4.69, 9.17) is 67.4 Å². The summed E-state index contributed by atoms with van der Waals surface area (Å²) in [6.07, 6.45) is 22.0. The highest BCUT2D eigenvalue weighted by atomic mass is 16.8. The molecular formula is C96H104N16O17. The number of ether oxygens (including phenoxy) is 8. The highest BCUT2D eigenvalue weighted by Gasteiger charge is 2.68. The minimum Gasteiger partial charge on any atom is -0.490 e. The molecule has 0 spiro atoms. The van der Waals surface area contributed by atoms with E-state index in [2.05, 4.69) is 122 Å². The van der Waals surface area contributed by atoms with E-state index in [0.29, 0.717) is 72.5 Å². The molecule has 0 radical (unpaired) electrons. The number of likely N-dealkylation sites (tertiary alicyclic amines) is 1. The Morgan fingerprint density at radius 2 is 0.829 bits per heavy atom. The van der Waals surface area contributed by atoms with E-state index in [9.17, 15) is 28.8 Å². The van der Waals surface area contributed by atoms with Gasteiger partial charge in [0.15, 0.2) is 34.2 Å². The van der Waals surface area contributed by atoms with Crippen LogP contribution in [0.15, 0.2) is 173 Å². The number of nitrogens with zero attached hydrogens (tertiary/aromatic N) is 10. The average Bonchev–Trinajstić information content (AvgIpc) is 1.54. The monoisotopic (exact) mass is 1750 g/mol. The van der Waals surface area contributed by atoms with Crippen LogP contribution in [-0.4, -0.2) is 184 Å². The maximum atomic E-state index is 13.4. The molecule has 670 valence electrons. The van der Waals surface area contributed by atoms with Crippen molar-refractivity contribution in [3.05, 3.63) is 245 Å². The standard InChI is InChI=1S/C36H39N5O6.C30H32N6O4.C30H33N5O7/c1-34(2)45-29-30(46-34)36(4)17-23(16-35(29,3)47-36)21-9-12-24(13-10-21)38-33-37-18-26-28(42)27(32(43)40-44-5)19-41(31(26)39-33)25-14-11-20-7-6-8-22(20)15-25;1-35-14-12-24(13-15-35)40-23-10-7-21(8-11-23)32-30-31-17-25-27(37)26(29(38)34-39-2)18-36(28(25)33-30)22-9-6-19-4-3-5-20(19)16-22;1-38-11-13-41-25-10-8-21(16-26(25)42-14-12-39-2)32-30-31-17-23-27(36)24(29(37)34-40-3)18-35(28(23)33-30)22-9-7-19-5-4-6-20(19)15-22/h9-15,18-19,23,29-30H,6-8,16-17H2,1-5H3,(H,40,43)(H,37,38,39);6-11,16-18,24H,3-5,12-15H2,1-2H3,(H,34,38)(H,31,32,33);7-10,15-18H,4-6,11-14H2,1-3H3,(H,34,37)(H,31,32,33)/t23?,29-,30+,35-,36+;;. The zero-order valence-electron chi connectivity index (χ0n) is 73.7. The number of anilines is 6. The number of hydrogen-bond acceptors (Lipinski definition) is 27. The number of piperidine rings is 1. The fourth-order valence-corrected chi connectivity index (χ4v) is 18.5. The molecule has 7 aliphatic rings. The Bertz CT molecular complexity index is 6410. The minimum atomic E-state index is -0.657. The first kappa shape index (κ1) is 88.1. The molecule has 19 rings (SSSR count). The van der Waals surface area contributed by atoms with Gasteiger partial charge in [-0.05, 0) is 248 Å². The number of carbonyl (C=O) groups excluding carboxylic acids is 3. The number of benzene rings is 6. The van der Waals surface area contributed by atoms with Crippen molar-refractivity contribution in [2.75, 3.05) is 98.1 Å². The summed E-state index contributed by atoms with van der Waals surface area (Å²) < 4.78 is 52.6. The average molecular weight is 1750 g/mol. The molecule has 33 heteroatoms. The Hall–Kier alpha value is -13.0. The van der Waals surface area contributed by atoms with E-state index in [0.717, 1.165) is 131 Å². The van der Waals surface area contributed by atoms with Gasteiger partial charge in [-0.1, -0.05) is 30.3 Å². The van der Waals surface area contributed by atoms with Gasteiger partial charge in [-0.15, -0.1) is 0 Å². The van der Waals surface area contributed by atoms with Crippen LogP contribution in [0.2, 0.25) is 0 Å². The van der Waals surface area contributed by atoms with E-state index in [1.165, 1.54) is 97.5 Å². The lowest BCUT2D eigenvalue weighted by atomic mass is 9.80. The summed E-state index contributed by atoms with van der Waals surface area (Å²) in [5.41, 5.74) is 19.0. The van der Waals surface area contributed by atoms with E-state index in [1.807, 2.05) is 74.5 Å². The van der Waals surface area contributed by atoms with E-state index >= 15 is 0 Å². The number of hydrogen-bond donors (Lipinski definition) is 6. The van der Waals surface area contributed by atoms with Crippen molar-refractivity contribution < 1.29 is 66.8 Å². The SMILES string of the molecule is COCCOc1ccc(Nc2ncc3c(=O)c(C(=O)NOC)cn(-c4ccc5c(c4)CCC5)c3n2)cc1OCCOC.CONC(=O)c1cn(-c2ccc3c(c2)CCC3)c2nc(Nc3ccc(C4C[C@@]5(C)O[C@@](C)(C4)[C@H]4OC(C)(C)O[C@H]45)cc3)ncc2c1=O.CONC(=O)c1cn(-c2ccc3c(c2)CCC3)c2nc(Nc3ccc(OC4CCN(C)CC4)cc3)ncc2c1=O. The second kappa shape index (κ2) is 37.8. The minimum absolute atomic E-state index is 0.0562. The fraction of sp³-hybridized carbons (Fsp3) is 0.375. The third-order valence-electron chi connectivity index (χ3n) is 24.7. The first-order chi connectivity index (χ1) is 62.4. The molecule has 5 atom stereocenters. The zero-order valence-corrected chi connectivity index (χ0v) is 73.7. The summed E-state index contributed by atoms with van der Waals surface area (Å²) in [4.78, 5) is 122. The molecule has 10 heterocycles. The molecule has 2 bridgehead atoms. The maximum Gasteiger partial charge on any atom is 0.280 e. The maximum absolute atomic E-state index is 13.4. The molecule has 3 aliphatic carbocycles. The topological polar surface area (TPSA) is 371 Å². The first-order valence-corrected chi connectivity index (χ1v) is 43.4. The molecule has 6 aromatic heterocycles. The summed E-state index contributed by atoms with van der Waals surface area (Å²) in [6, 6.07) is 39.9. The number of rotatable bonds is 26. The van der Waals surface area contributed by atoms with Crippen molar-refractivity contribution in [1.29, 1.82) is 0 Å². The van der Waals surface area contributed by atoms with Gasteiger partial charge in [0.1, 0.15) is 54.0 Å². The molecule has 4 aliphatic heterocycles. The molecular weight excluding hydrogens is 1650 g/mol. The number of fused-ring (bicyclic) bond motifs is 11. The van der Waals surface area contributed by atoms with Crippen LogP contribution in [-0.2, 0) is 76.7 Å². The Balaban J connectivity index is 0.000000136. The van der Waals surface area contributed by atoms with Gasteiger partial charge in [0.05, 0.1) is 61.9 Å². The summed E-state index contributed by atoms with van der Waals surface area (Å²) in [6.45, 7) is 11.9. The van der Waals surface area contributed by atoms with Crippen molar-refractivity contribution in [3.8, 4) is 34.3 Å². The molecule has 6 aromatic carbocycles. The van der Waals surface area contributed by atoms with Crippen molar-refractivity contribution in [2.45, 2.75) is 152 Å². The zero-order chi connectivity index (χ0) is 89.8. The lowest BCUT2D eigenvalue weighted by Gasteiger charge is -2.43. The summed E-state index contributed by atoms with van der Waals surface area (Å²) in [7, 11) is 9.30. The Morgan fingerprint density at radius 1 is 0.450 bits per heavy atom. The van der Waals surface area contributed by atoms with Crippen LogP contribution < -0.4 is 62.9 Å². The smallest absolute Gasteiger partial charge is 0.280 e. The van der Waals surface area contributed by atoms with Gasteiger partial charge in [0, 0.05) is 105 Å². The van der Waals surface area contributed by atoms with Crippen LogP contribution in [0.1, 0.15) is 149 Å². The van der Waals surface area contributed by atoms with Gasteiger partial charge in [-0.3, -0.25) is 43.3 Å². The number of methoxy groups -OCH3 is 2. The van der Waals surface area contributed by atoms with E-state index < -0.39 is 51.0 Å². The van der Waals surface area contributed by atoms with Crippen molar-refractivity contribution in [3.63, 3.8) is 0 Å². The van der Waals surface area contributed by atoms with Crippen LogP contribution in [0.4, 0.5) is 34.9 Å². The molecule has 33 nitrogen and oxygen atoms in total. The third kappa shape index (κ3) is 18.9. The Labute approximate surface area is 743 Å². The van der Waals surface area contributed by atoms with Crippen LogP contribution in [0.3, 0.4) is 0 Å². The van der Waals surface area contributed by atoms with Crippen LogP contribution in [0, 0.1) is 0 Å². The molecule has 4 fully saturated rings. The van der Waals surface area contributed by atoms with Crippen molar-refractivity contribution in [2.24, 2.45) is 0 Å². The predicted molar refractivity (Wildman–Crippen MR) is 484 cm³/mol. The van der Waals surface area contributed by atoms with E-state index in [-0.39, 0.29) is 63.0 Å². The fourth-order valence-electron chi connectivity index (χ4n) is 18.5. The number of amides is 3. The van der Waals surface area contributed by atoms with Gasteiger partial charge in [0.2, 0.25) is 34.1 Å². The van der Waals surface area contributed by atoms with Gasteiger partial charge in [0.25, 0.3) is 17.7 Å². The van der Waals surface area contributed by atoms with Gasteiger partial charge in [-0.2, -0.15) is 15.0 Å². The third-order valence-corrected chi connectivity index (χ3v) is 24.7. The quantitative estimate of drug-likeness (QED) is 0.0217. The highest BCUT2D eigenvalue weighted by Crippen LogP contribution is 2.59. The second-order valence-electron chi connectivity index (χ2n) is 34.1. The number of aromatic nitrogens is 9. The molecule has 0 saturated carbocycles. The number of pyridine rings is 3. The number of carbonyl (C=O) groups is 3. The summed E-state index contributed by atoms with van der Waals surface area (Å²) in [5, 5.41) is 10.4. The van der Waals surface area contributed by atoms with Crippen LogP contribution >= 0.6 is 0 Å². The van der Waals surface area contributed by atoms with Gasteiger partial charge in [-0.25, -0.2) is 31.4 Å². The first-order valence-electron chi connectivity index (χ1n) is 43.4. The molecule has 129 heavy (non-hydrogen) atoms.